The lowest BCUT2D eigenvalue weighted by molar-refractivity contribution is 0.0696. The molecule has 3 aromatic carbocycles. The normalized spacial score (nSPS) is 10.7. The van der Waals surface area contributed by atoms with Crippen molar-refractivity contribution >= 4 is 34.2 Å². The maximum atomic E-state index is 12.4. The number of carboxylic acid groups (broad SMARTS) is 1. The highest BCUT2D eigenvalue weighted by Gasteiger charge is 2.18. The minimum absolute atomic E-state index is 0.0896. The van der Waals surface area contributed by atoms with Crippen molar-refractivity contribution in [2.75, 3.05) is 19.5 Å². The van der Waals surface area contributed by atoms with Crippen LogP contribution in [0.25, 0.3) is 33.2 Å². The second-order valence-corrected chi connectivity index (χ2v) is 8.52. The van der Waals surface area contributed by atoms with Crippen LogP contribution >= 0.6 is 0 Å². The van der Waals surface area contributed by atoms with Crippen LogP contribution in [0, 0.1) is 0 Å². The largest absolute Gasteiger partial charge is 0.480 e. The molecule has 0 radical (unpaired) electrons. The number of methoxy groups -OCH3 is 2. The van der Waals surface area contributed by atoms with E-state index in [1.165, 1.54) is 26.5 Å². The summed E-state index contributed by atoms with van der Waals surface area (Å²) in [5, 5.41) is 13.6. The van der Waals surface area contributed by atoms with Gasteiger partial charge in [-0.15, -0.1) is 0 Å². The van der Waals surface area contributed by atoms with Gasteiger partial charge < -0.3 is 25.6 Å². The maximum absolute atomic E-state index is 12.4. The number of aromatic carboxylic acids is 1. The smallest absolute Gasteiger partial charge is 0.335 e. The van der Waals surface area contributed by atoms with E-state index in [1.807, 2.05) is 48.5 Å². The van der Waals surface area contributed by atoms with E-state index < -0.39 is 11.9 Å². The van der Waals surface area contributed by atoms with Gasteiger partial charge in [-0.05, 0) is 41.0 Å². The van der Waals surface area contributed by atoms with Crippen molar-refractivity contribution in [2.45, 2.75) is 0 Å². The van der Waals surface area contributed by atoms with Crippen molar-refractivity contribution in [3.63, 3.8) is 0 Å². The molecule has 10 heteroatoms. The van der Waals surface area contributed by atoms with Crippen molar-refractivity contribution in [1.82, 2.24) is 15.0 Å². The van der Waals surface area contributed by atoms with Crippen molar-refractivity contribution in [3.8, 4) is 34.1 Å². The Balaban J connectivity index is 1.63. The molecule has 0 saturated heterocycles. The molecular weight excluding hydrogens is 498 g/mol. The van der Waals surface area contributed by atoms with Crippen molar-refractivity contribution in [1.29, 1.82) is 0 Å². The van der Waals surface area contributed by atoms with Crippen molar-refractivity contribution in [2.24, 2.45) is 5.73 Å². The zero-order valence-electron chi connectivity index (χ0n) is 21.0. The summed E-state index contributed by atoms with van der Waals surface area (Å²) in [6, 6.07) is 19.9. The van der Waals surface area contributed by atoms with E-state index in [-0.39, 0.29) is 17.1 Å². The molecule has 0 atom stereocenters. The molecule has 5 aromatic rings. The van der Waals surface area contributed by atoms with E-state index in [1.54, 1.807) is 18.3 Å². The lowest BCUT2D eigenvalue weighted by Gasteiger charge is -2.16. The number of carbonyl (C=O) groups is 2. The fraction of sp³-hybridized carbons (Fsp3) is 0.0690. The van der Waals surface area contributed by atoms with Gasteiger partial charge in [-0.25, -0.2) is 9.78 Å². The van der Waals surface area contributed by atoms with Gasteiger partial charge in [-0.2, -0.15) is 4.98 Å². The van der Waals surface area contributed by atoms with Crippen LogP contribution in [0.5, 0.6) is 11.9 Å². The number of amides is 1. The first-order chi connectivity index (χ1) is 18.9. The Morgan fingerprint density at radius 2 is 1.67 bits per heavy atom. The number of fused-ring (bicyclic) bond motifs is 1. The molecule has 2 aromatic heterocycles. The Kier molecular flexibility index (Phi) is 6.75. The molecule has 0 unspecified atom stereocenters. The van der Waals surface area contributed by atoms with Gasteiger partial charge in [0.05, 0.1) is 42.1 Å². The molecule has 0 aliphatic rings. The molecular formula is C29H23N5O5. The summed E-state index contributed by atoms with van der Waals surface area (Å²) in [5.41, 5.74) is 10.3. The highest BCUT2D eigenvalue weighted by atomic mass is 16.5. The number of hydrogen-bond donors (Lipinski definition) is 3. The first-order valence-electron chi connectivity index (χ1n) is 11.8. The van der Waals surface area contributed by atoms with Crippen LogP contribution in [0.3, 0.4) is 0 Å². The van der Waals surface area contributed by atoms with Crippen molar-refractivity contribution in [3.05, 3.63) is 90.3 Å². The number of primary amides is 1. The number of anilines is 2. The van der Waals surface area contributed by atoms with E-state index in [4.69, 9.17) is 15.2 Å². The fourth-order valence-corrected chi connectivity index (χ4v) is 4.25. The van der Waals surface area contributed by atoms with E-state index in [9.17, 15) is 14.7 Å². The van der Waals surface area contributed by atoms with Gasteiger partial charge in [0, 0.05) is 23.5 Å². The van der Waals surface area contributed by atoms with E-state index in [0.29, 0.717) is 39.3 Å². The molecule has 0 aliphatic heterocycles. The van der Waals surface area contributed by atoms with E-state index >= 15 is 0 Å². The number of nitrogens with two attached hydrogens (primary N) is 1. The van der Waals surface area contributed by atoms with Gasteiger partial charge in [-0.1, -0.05) is 42.5 Å². The number of ether oxygens (including phenoxy) is 2. The van der Waals surface area contributed by atoms with Crippen LogP contribution in [-0.4, -0.2) is 46.2 Å². The summed E-state index contributed by atoms with van der Waals surface area (Å²) in [4.78, 5) is 37.1. The molecule has 10 nitrogen and oxygen atoms in total. The summed E-state index contributed by atoms with van der Waals surface area (Å²) in [6.07, 6.45) is 2.98. The van der Waals surface area contributed by atoms with Gasteiger partial charge in [-0.3, -0.25) is 9.78 Å². The Labute approximate surface area is 223 Å². The Morgan fingerprint density at radius 3 is 2.36 bits per heavy atom. The Hall–Kier alpha value is -5.51. The molecule has 39 heavy (non-hydrogen) atoms. The zero-order valence-corrected chi connectivity index (χ0v) is 21.0. The molecule has 194 valence electrons. The second kappa shape index (κ2) is 10.5. The highest BCUT2D eigenvalue weighted by molar-refractivity contribution is 6.08. The van der Waals surface area contributed by atoms with Gasteiger partial charge in [0.25, 0.3) is 5.91 Å². The first kappa shape index (κ1) is 25.2. The zero-order chi connectivity index (χ0) is 27.5. The number of nitrogens with one attached hydrogen (secondary N) is 1. The molecule has 0 saturated carbocycles. The van der Waals surface area contributed by atoms with E-state index in [2.05, 4.69) is 20.3 Å². The summed E-state index contributed by atoms with van der Waals surface area (Å²) in [6.45, 7) is 0. The van der Waals surface area contributed by atoms with Crippen molar-refractivity contribution < 1.29 is 24.2 Å². The molecule has 0 aliphatic carbocycles. The lowest BCUT2D eigenvalue weighted by atomic mass is 10.0. The van der Waals surface area contributed by atoms with Crippen LogP contribution in [0.2, 0.25) is 0 Å². The highest BCUT2D eigenvalue weighted by Crippen LogP contribution is 2.35. The van der Waals surface area contributed by atoms with Gasteiger partial charge >= 0.3 is 12.0 Å². The third kappa shape index (κ3) is 5.03. The number of benzene rings is 3. The minimum atomic E-state index is -1.08. The average Bonchev–Trinajstić information content (AvgIpc) is 2.96. The quantitative estimate of drug-likeness (QED) is 0.259. The summed E-state index contributed by atoms with van der Waals surface area (Å²) in [7, 11) is 2.97. The number of carboxylic acids is 1. The monoisotopic (exact) mass is 521 g/mol. The van der Waals surface area contributed by atoms with Crippen LogP contribution < -0.4 is 20.5 Å². The molecule has 0 spiro atoms. The summed E-state index contributed by atoms with van der Waals surface area (Å²) >= 11 is 0. The number of carbonyl (C=O) groups excluding carboxylic acids is 1. The molecule has 4 N–H and O–H groups in total. The molecule has 2 heterocycles. The van der Waals surface area contributed by atoms with Gasteiger partial charge in [0.1, 0.15) is 0 Å². The third-order valence-electron chi connectivity index (χ3n) is 6.11. The maximum Gasteiger partial charge on any atom is 0.335 e. The Bertz CT molecular complexity index is 1720. The minimum Gasteiger partial charge on any atom is -0.480 e. The predicted molar refractivity (Wildman–Crippen MR) is 147 cm³/mol. The number of nitrogens with zero attached hydrogens (tertiary/aromatic N) is 3. The second-order valence-electron chi connectivity index (χ2n) is 8.52. The number of aromatic nitrogens is 3. The topological polar surface area (TPSA) is 150 Å². The average molecular weight is 522 g/mol. The SMILES string of the molecule is COc1ncc(-c2ccc3c(Nc4cc(C(=O)O)cc(-c5ccccc5)c4)c(C(N)=O)cnc3c2)c(OC)n1. The molecule has 0 bridgehead atoms. The standard InChI is InChI=1S/C29H23N5O5/c1-38-27-22(14-32-29(34-27)39-2)17-8-9-21-24(13-17)31-15-23(26(30)35)25(21)33-20-11-18(10-19(12-20)28(36)37)16-6-4-3-5-7-16/h3-15H,1-2H3,(H2,30,35)(H,31,33)(H,36,37). The number of rotatable bonds is 8. The van der Waals surface area contributed by atoms with Gasteiger partial charge in [0.15, 0.2) is 0 Å². The summed E-state index contributed by atoms with van der Waals surface area (Å²) < 4.78 is 10.5. The van der Waals surface area contributed by atoms with Crippen LogP contribution in [-0.2, 0) is 0 Å². The number of hydrogen-bond acceptors (Lipinski definition) is 8. The molecule has 1 amide bonds. The molecule has 0 fully saturated rings. The fourth-order valence-electron chi connectivity index (χ4n) is 4.25. The number of pyridine rings is 1. The molecule has 5 rings (SSSR count). The first-order valence-corrected chi connectivity index (χ1v) is 11.8. The van der Waals surface area contributed by atoms with Gasteiger partial charge in [0.2, 0.25) is 5.88 Å². The predicted octanol–water partition coefficient (Wildman–Crippen LogP) is 4.92. The summed E-state index contributed by atoms with van der Waals surface area (Å²) in [5.74, 6) is -1.43. The lowest BCUT2D eigenvalue weighted by Crippen LogP contribution is -2.14. The van der Waals surface area contributed by atoms with Crippen LogP contribution in [0.1, 0.15) is 20.7 Å². The van der Waals surface area contributed by atoms with E-state index in [0.717, 1.165) is 11.1 Å². The van der Waals surface area contributed by atoms with Crippen LogP contribution in [0.15, 0.2) is 79.1 Å². The third-order valence-corrected chi connectivity index (χ3v) is 6.11. The van der Waals surface area contributed by atoms with Crippen LogP contribution in [0.4, 0.5) is 11.4 Å². The Morgan fingerprint density at radius 1 is 0.872 bits per heavy atom.